The van der Waals surface area contributed by atoms with Crippen molar-refractivity contribution in [2.45, 2.75) is 30.7 Å². The average Bonchev–Trinajstić information content (AvgIpc) is 3.02. The molecular formula is C31H28O15. The Morgan fingerprint density at radius 1 is 0.696 bits per heavy atom. The number of aromatic hydroxyl groups is 6. The SMILES string of the molecule is O=C(/C=C/c1ccc(O)cc1)O[C@@H]1O[C@H](COC(=O)c2cc(O)c(O)c(O)c2)[C@@H](O)[C@H](OC(=O)/C=C/c2ccc(O)c(O)c2)[C@H]1O. The van der Waals surface area contributed by atoms with Crippen molar-refractivity contribution in [2.75, 3.05) is 6.61 Å². The van der Waals surface area contributed by atoms with Crippen molar-refractivity contribution >= 4 is 30.1 Å². The quantitative estimate of drug-likeness (QED) is 0.0712. The second kappa shape index (κ2) is 14.3. The maximum absolute atomic E-state index is 12.6. The Bertz CT molecular complexity index is 1620. The van der Waals surface area contributed by atoms with E-state index in [1.54, 1.807) is 0 Å². The molecule has 242 valence electrons. The highest BCUT2D eigenvalue weighted by Gasteiger charge is 2.49. The van der Waals surface area contributed by atoms with Crippen LogP contribution in [0.25, 0.3) is 12.2 Å². The first-order valence-corrected chi connectivity index (χ1v) is 13.3. The van der Waals surface area contributed by atoms with Crippen LogP contribution in [0.4, 0.5) is 0 Å². The second-order valence-corrected chi connectivity index (χ2v) is 9.83. The molecule has 4 rings (SSSR count). The van der Waals surface area contributed by atoms with Gasteiger partial charge in [-0.25, -0.2) is 14.4 Å². The third kappa shape index (κ3) is 8.23. The summed E-state index contributed by atoms with van der Waals surface area (Å²) in [5.74, 6) is -6.63. The molecule has 3 aromatic carbocycles. The summed E-state index contributed by atoms with van der Waals surface area (Å²) >= 11 is 0. The molecular weight excluding hydrogens is 612 g/mol. The van der Waals surface area contributed by atoms with E-state index in [4.69, 9.17) is 18.9 Å². The van der Waals surface area contributed by atoms with E-state index >= 15 is 0 Å². The molecule has 1 aliphatic rings. The minimum absolute atomic E-state index is 0.000542. The van der Waals surface area contributed by atoms with E-state index in [0.717, 1.165) is 30.4 Å². The van der Waals surface area contributed by atoms with Crippen LogP contribution < -0.4 is 0 Å². The summed E-state index contributed by atoms with van der Waals surface area (Å²) in [6.07, 6.45) is -4.64. The number of esters is 3. The molecule has 0 unspecified atom stereocenters. The normalized spacial score (nSPS) is 21.2. The van der Waals surface area contributed by atoms with Crippen molar-refractivity contribution in [2.24, 2.45) is 0 Å². The van der Waals surface area contributed by atoms with Gasteiger partial charge in [-0.05, 0) is 59.7 Å². The molecule has 3 aromatic rings. The van der Waals surface area contributed by atoms with Gasteiger partial charge in [-0.15, -0.1) is 0 Å². The van der Waals surface area contributed by atoms with Gasteiger partial charge in [-0.2, -0.15) is 0 Å². The number of phenols is 6. The average molecular weight is 641 g/mol. The zero-order chi connectivity index (χ0) is 33.5. The Labute approximate surface area is 259 Å². The Kier molecular flexibility index (Phi) is 10.3. The molecule has 15 heteroatoms. The summed E-state index contributed by atoms with van der Waals surface area (Å²) in [6, 6.07) is 11.1. The summed E-state index contributed by atoms with van der Waals surface area (Å²) in [7, 11) is 0. The van der Waals surface area contributed by atoms with E-state index in [0.29, 0.717) is 5.56 Å². The van der Waals surface area contributed by atoms with Crippen LogP contribution in [-0.4, -0.2) is 96.1 Å². The van der Waals surface area contributed by atoms with E-state index in [2.05, 4.69) is 0 Å². The monoisotopic (exact) mass is 640 g/mol. The zero-order valence-electron chi connectivity index (χ0n) is 23.5. The fourth-order valence-electron chi connectivity index (χ4n) is 4.12. The molecule has 8 N–H and O–H groups in total. The summed E-state index contributed by atoms with van der Waals surface area (Å²) in [4.78, 5) is 37.7. The van der Waals surface area contributed by atoms with Crippen molar-refractivity contribution in [3.8, 4) is 34.5 Å². The molecule has 46 heavy (non-hydrogen) atoms. The number of aliphatic hydroxyl groups is 2. The number of phenolic OH excluding ortho intramolecular Hbond substituents is 6. The molecule has 0 spiro atoms. The standard InChI is InChI=1S/C31H28O15/c32-18-6-1-15(2-7-18)4-9-25(38)46-31-28(41)29(45-24(37)10-5-16-3-8-19(33)20(34)11-16)27(40)23(44-31)14-43-30(42)17-12-21(35)26(39)22(36)13-17/h1-13,23,27-29,31-36,39-41H,14H2/b9-4+,10-5+/t23-,27-,28-,29+,31+/m1/s1. The summed E-state index contributed by atoms with van der Waals surface area (Å²) < 4.78 is 21.0. The van der Waals surface area contributed by atoms with E-state index < -0.39 is 89.5 Å². The first-order chi connectivity index (χ1) is 21.8. The van der Waals surface area contributed by atoms with Gasteiger partial charge in [0.2, 0.25) is 6.29 Å². The smallest absolute Gasteiger partial charge is 0.338 e. The Morgan fingerprint density at radius 3 is 1.91 bits per heavy atom. The predicted molar refractivity (Wildman–Crippen MR) is 154 cm³/mol. The number of carbonyl (C=O) groups excluding carboxylic acids is 3. The summed E-state index contributed by atoms with van der Waals surface area (Å²) in [5.41, 5.74) is 0.393. The molecule has 5 atom stereocenters. The van der Waals surface area contributed by atoms with Crippen molar-refractivity contribution < 1.29 is 74.2 Å². The summed E-state index contributed by atoms with van der Waals surface area (Å²) in [6.45, 7) is -0.775. The van der Waals surface area contributed by atoms with Gasteiger partial charge in [-0.3, -0.25) is 0 Å². The van der Waals surface area contributed by atoms with Crippen LogP contribution in [0.1, 0.15) is 21.5 Å². The van der Waals surface area contributed by atoms with Crippen LogP contribution in [0.3, 0.4) is 0 Å². The highest BCUT2D eigenvalue weighted by atomic mass is 16.7. The third-order valence-electron chi connectivity index (χ3n) is 6.53. The molecule has 0 aromatic heterocycles. The van der Waals surface area contributed by atoms with Crippen LogP contribution >= 0.6 is 0 Å². The molecule has 1 saturated heterocycles. The predicted octanol–water partition coefficient (Wildman–Crippen LogP) is 1.41. The van der Waals surface area contributed by atoms with Crippen molar-refractivity contribution in [3.05, 3.63) is 83.4 Å². The van der Waals surface area contributed by atoms with E-state index in [1.807, 2.05) is 0 Å². The Hall–Kier alpha value is -5.77. The number of hydrogen-bond donors (Lipinski definition) is 8. The van der Waals surface area contributed by atoms with Gasteiger partial charge in [0.15, 0.2) is 41.0 Å². The van der Waals surface area contributed by atoms with E-state index in [-0.39, 0.29) is 11.3 Å². The first kappa shape index (κ1) is 33.1. The number of carbonyl (C=O) groups is 3. The van der Waals surface area contributed by atoms with E-state index in [1.165, 1.54) is 48.6 Å². The molecule has 1 aliphatic heterocycles. The lowest BCUT2D eigenvalue weighted by Crippen LogP contribution is -2.61. The maximum Gasteiger partial charge on any atom is 0.338 e. The van der Waals surface area contributed by atoms with Gasteiger partial charge in [0, 0.05) is 12.2 Å². The van der Waals surface area contributed by atoms with E-state index in [9.17, 15) is 55.2 Å². The molecule has 1 heterocycles. The molecule has 0 saturated carbocycles. The van der Waals surface area contributed by atoms with Gasteiger partial charge in [-0.1, -0.05) is 18.2 Å². The van der Waals surface area contributed by atoms with Crippen LogP contribution in [0.2, 0.25) is 0 Å². The van der Waals surface area contributed by atoms with Gasteiger partial charge >= 0.3 is 17.9 Å². The topological polar surface area (TPSA) is 250 Å². The molecule has 0 amide bonds. The Balaban J connectivity index is 1.50. The van der Waals surface area contributed by atoms with Gasteiger partial charge in [0.1, 0.15) is 24.6 Å². The van der Waals surface area contributed by atoms with Gasteiger partial charge in [0.25, 0.3) is 0 Å². The third-order valence-corrected chi connectivity index (χ3v) is 6.53. The number of hydrogen-bond acceptors (Lipinski definition) is 15. The number of ether oxygens (including phenoxy) is 4. The molecule has 0 aliphatic carbocycles. The lowest BCUT2D eigenvalue weighted by atomic mass is 9.99. The second-order valence-electron chi connectivity index (χ2n) is 9.83. The van der Waals surface area contributed by atoms with Gasteiger partial charge in [0.05, 0.1) is 5.56 Å². The lowest BCUT2D eigenvalue weighted by Gasteiger charge is -2.40. The lowest BCUT2D eigenvalue weighted by molar-refractivity contribution is -0.292. The van der Waals surface area contributed by atoms with Crippen LogP contribution in [0.15, 0.2) is 66.7 Å². The molecule has 15 nitrogen and oxygen atoms in total. The van der Waals surface area contributed by atoms with Crippen molar-refractivity contribution in [3.63, 3.8) is 0 Å². The van der Waals surface area contributed by atoms with Crippen molar-refractivity contribution in [1.29, 1.82) is 0 Å². The number of aliphatic hydroxyl groups excluding tert-OH is 2. The minimum Gasteiger partial charge on any atom is -0.508 e. The number of benzene rings is 3. The largest absolute Gasteiger partial charge is 0.508 e. The molecule has 0 radical (unpaired) electrons. The minimum atomic E-state index is -1.95. The zero-order valence-corrected chi connectivity index (χ0v) is 23.5. The molecule has 1 fully saturated rings. The van der Waals surface area contributed by atoms with Crippen LogP contribution in [0, 0.1) is 0 Å². The first-order valence-electron chi connectivity index (χ1n) is 13.3. The number of rotatable bonds is 9. The fraction of sp³-hybridized carbons (Fsp3) is 0.194. The molecule has 0 bridgehead atoms. The van der Waals surface area contributed by atoms with Gasteiger partial charge < -0.3 is 59.8 Å². The van der Waals surface area contributed by atoms with Crippen molar-refractivity contribution in [1.82, 2.24) is 0 Å². The maximum atomic E-state index is 12.6. The summed E-state index contributed by atoms with van der Waals surface area (Å²) in [5, 5.41) is 79.1. The van der Waals surface area contributed by atoms with Crippen LogP contribution in [0.5, 0.6) is 34.5 Å². The highest BCUT2D eigenvalue weighted by Crippen LogP contribution is 2.35. The van der Waals surface area contributed by atoms with Crippen LogP contribution in [-0.2, 0) is 28.5 Å². The highest BCUT2D eigenvalue weighted by molar-refractivity contribution is 5.91. The fourth-order valence-corrected chi connectivity index (χ4v) is 4.12. The Morgan fingerprint density at radius 2 is 1.28 bits per heavy atom.